The minimum Gasteiger partial charge on any atom is -0.348 e. The third-order valence-corrected chi connectivity index (χ3v) is 7.96. The molecule has 0 aliphatic carbocycles. The van der Waals surface area contributed by atoms with E-state index in [9.17, 15) is 22.4 Å². The number of sulfonamides is 1. The Morgan fingerprint density at radius 1 is 1.06 bits per heavy atom. The molecule has 1 aliphatic heterocycles. The van der Waals surface area contributed by atoms with Crippen molar-refractivity contribution in [2.24, 2.45) is 0 Å². The van der Waals surface area contributed by atoms with Crippen molar-refractivity contribution in [3.05, 3.63) is 65.0 Å². The summed E-state index contributed by atoms with van der Waals surface area (Å²) in [5.74, 6) is -2.14. The Hall–Kier alpha value is -2.78. The first-order valence-corrected chi connectivity index (χ1v) is 12.5. The van der Waals surface area contributed by atoms with Crippen LogP contribution in [-0.2, 0) is 26.2 Å². The third-order valence-electron chi connectivity index (χ3n) is 5.87. The molecule has 3 rings (SSSR count). The van der Waals surface area contributed by atoms with Gasteiger partial charge in [0.15, 0.2) is 0 Å². The van der Waals surface area contributed by atoms with Crippen molar-refractivity contribution in [1.82, 2.24) is 14.9 Å². The molecule has 7 nitrogen and oxygen atoms in total. The number of carbonyl (C=O) groups excluding carboxylic acids is 2. The Bertz CT molecular complexity index is 1120. The van der Waals surface area contributed by atoms with Crippen molar-refractivity contribution in [1.29, 1.82) is 0 Å². The molecule has 0 unspecified atom stereocenters. The van der Waals surface area contributed by atoms with Crippen LogP contribution in [0.3, 0.4) is 0 Å². The number of carbonyl (C=O) groups is 2. The van der Waals surface area contributed by atoms with Gasteiger partial charge in [0.1, 0.15) is 5.82 Å². The van der Waals surface area contributed by atoms with Gasteiger partial charge in [-0.15, -0.1) is 0 Å². The molecule has 33 heavy (non-hydrogen) atoms. The molecule has 2 N–H and O–H groups in total. The van der Waals surface area contributed by atoms with Crippen LogP contribution < -0.4 is 10.6 Å². The van der Waals surface area contributed by atoms with E-state index in [1.54, 1.807) is 31.2 Å². The van der Waals surface area contributed by atoms with Crippen molar-refractivity contribution in [2.45, 2.75) is 57.0 Å². The van der Waals surface area contributed by atoms with Gasteiger partial charge in [0, 0.05) is 31.2 Å². The van der Waals surface area contributed by atoms with Gasteiger partial charge in [-0.1, -0.05) is 36.8 Å². The summed E-state index contributed by atoms with van der Waals surface area (Å²) in [5.41, 5.74) is 1.86. The lowest BCUT2D eigenvalue weighted by Gasteiger charge is -2.35. The van der Waals surface area contributed by atoms with Gasteiger partial charge in [0.25, 0.3) is 0 Å². The Balaban J connectivity index is 1.57. The maximum atomic E-state index is 13.6. The van der Waals surface area contributed by atoms with E-state index in [0.29, 0.717) is 29.8 Å². The summed E-state index contributed by atoms with van der Waals surface area (Å²) in [6, 6.07) is 11.1. The number of nitrogens with zero attached hydrogens (tertiary/aromatic N) is 1. The average molecular weight is 476 g/mol. The highest BCUT2D eigenvalue weighted by Crippen LogP contribution is 2.29. The number of aryl methyl sites for hydroxylation is 2. The Morgan fingerprint density at radius 2 is 1.79 bits per heavy atom. The maximum absolute atomic E-state index is 13.6. The average Bonchev–Trinajstić information content (AvgIpc) is 2.80. The summed E-state index contributed by atoms with van der Waals surface area (Å²) in [4.78, 5) is 24.5. The molecule has 2 amide bonds. The van der Waals surface area contributed by atoms with Gasteiger partial charge < -0.3 is 10.6 Å². The first kappa shape index (κ1) is 24.9. The van der Waals surface area contributed by atoms with Crippen molar-refractivity contribution < 1.29 is 22.4 Å². The van der Waals surface area contributed by atoms with Crippen LogP contribution in [0.2, 0.25) is 0 Å². The van der Waals surface area contributed by atoms with Gasteiger partial charge >= 0.3 is 11.8 Å². The van der Waals surface area contributed by atoms with Crippen molar-refractivity contribution >= 4 is 21.8 Å². The molecule has 2 aromatic carbocycles. The lowest BCUT2D eigenvalue weighted by molar-refractivity contribution is -0.139. The Kier molecular flexibility index (Phi) is 8.20. The Labute approximate surface area is 194 Å². The van der Waals surface area contributed by atoms with Crippen LogP contribution in [0.25, 0.3) is 0 Å². The molecule has 1 saturated heterocycles. The monoisotopic (exact) mass is 475 g/mol. The minimum absolute atomic E-state index is 0.0938. The van der Waals surface area contributed by atoms with Gasteiger partial charge in [-0.25, -0.2) is 12.8 Å². The fraction of sp³-hybridized carbons (Fsp3) is 0.417. The maximum Gasteiger partial charge on any atom is 0.309 e. The van der Waals surface area contributed by atoms with E-state index in [-0.39, 0.29) is 24.7 Å². The highest BCUT2D eigenvalue weighted by atomic mass is 32.2. The SMILES string of the molecule is Cc1ccc(C)c(S(=O)(=O)N2CCCC[C@H]2CCNC(=O)C(=O)NCc2ccccc2F)c1. The second-order valence-electron chi connectivity index (χ2n) is 8.35. The molecule has 178 valence electrons. The lowest BCUT2D eigenvalue weighted by Crippen LogP contribution is -2.46. The molecule has 0 bridgehead atoms. The lowest BCUT2D eigenvalue weighted by atomic mass is 10.0. The molecule has 1 fully saturated rings. The summed E-state index contributed by atoms with van der Waals surface area (Å²) >= 11 is 0. The second kappa shape index (κ2) is 10.9. The summed E-state index contributed by atoms with van der Waals surface area (Å²) in [5, 5.41) is 4.94. The summed E-state index contributed by atoms with van der Waals surface area (Å²) < 4.78 is 41.9. The highest BCUT2D eigenvalue weighted by molar-refractivity contribution is 7.89. The van der Waals surface area contributed by atoms with Crippen LogP contribution in [0.4, 0.5) is 4.39 Å². The van der Waals surface area contributed by atoms with Crippen molar-refractivity contribution in [3.8, 4) is 0 Å². The van der Waals surface area contributed by atoms with Gasteiger partial charge in [0.2, 0.25) is 10.0 Å². The number of hydrogen-bond acceptors (Lipinski definition) is 4. The van der Waals surface area contributed by atoms with Crippen molar-refractivity contribution in [3.63, 3.8) is 0 Å². The highest BCUT2D eigenvalue weighted by Gasteiger charge is 2.34. The quantitative estimate of drug-likeness (QED) is 0.602. The molecular formula is C24H30FN3O4S. The number of nitrogens with one attached hydrogen (secondary N) is 2. The van der Waals surface area contributed by atoms with Crippen LogP contribution in [0.1, 0.15) is 42.4 Å². The van der Waals surface area contributed by atoms with E-state index >= 15 is 0 Å². The molecular weight excluding hydrogens is 445 g/mol. The molecule has 1 atom stereocenters. The molecule has 1 heterocycles. The van der Waals surface area contributed by atoms with E-state index in [1.165, 1.54) is 16.4 Å². The number of benzene rings is 2. The van der Waals surface area contributed by atoms with Gasteiger partial charge in [0.05, 0.1) is 4.90 Å². The molecule has 0 saturated carbocycles. The molecule has 2 aromatic rings. The number of piperidine rings is 1. The largest absolute Gasteiger partial charge is 0.348 e. The van der Waals surface area contributed by atoms with E-state index < -0.39 is 27.7 Å². The van der Waals surface area contributed by atoms with Crippen LogP contribution in [0.5, 0.6) is 0 Å². The number of amides is 2. The molecule has 0 aromatic heterocycles. The van der Waals surface area contributed by atoms with E-state index in [0.717, 1.165) is 18.4 Å². The van der Waals surface area contributed by atoms with Crippen LogP contribution in [0, 0.1) is 19.7 Å². The molecule has 9 heteroatoms. The zero-order valence-electron chi connectivity index (χ0n) is 18.9. The first-order chi connectivity index (χ1) is 15.7. The van der Waals surface area contributed by atoms with Crippen molar-refractivity contribution in [2.75, 3.05) is 13.1 Å². The summed E-state index contributed by atoms with van der Waals surface area (Å²) in [6.45, 7) is 4.14. The molecule has 0 radical (unpaired) electrons. The van der Waals surface area contributed by atoms with Crippen LogP contribution in [0.15, 0.2) is 47.4 Å². The fourth-order valence-corrected chi connectivity index (χ4v) is 6.06. The second-order valence-corrected chi connectivity index (χ2v) is 10.2. The fourth-order valence-electron chi connectivity index (χ4n) is 4.02. The van der Waals surface area contributed by atoms with Gasteiger partial charge in [-0.3, -0.25) is 9.59 Å². The van der Waals surface area contributed by atoms with E-state index in [2.05, 4.69) is 10.6 Å². The van der Waals surface area contributed by atoms with E-state index in [1.807, 2.05) is 13.0 Å². The Morgan fingerprint density at radius 3 is 2.55 bits per heavy atom. The van der Waals surface area contributed by atoms with Crippen LogP contribution >= 0.6 is 0 Å². The van der Waals surface area contributed by atoms with Crippen LogP contribution in [-0.4, -0.2) is 43.7 Å². The predicted molar refractivity (Wildman–Crippen MR) is 123 cm³/mol. The number of rotatable bonds is 7. The van der Waals surface area contributed by atoms with Gasteiger partial charge in [-0.2, -0.15) is 4.31 Å². The smallest absolute Gasteiger partial charge is 0.309 e. The topological polar surface area (TPSA) is 95.6 Å². The number of hydrogen-bond donors (Lipinski definition) is 2. The predicted octanol–water partition coefficient (Wildman–Crippen LogP) is 2.81. The summed E-state index contributed by atoms with van der Waals surface area (Å²) in [7, 11) is -3.67. The zero-order valence-corrected chi connectivity index (χ0v) is 19.8. The van der Waals surface area contributed by atoms with E-state index in [4.69, 9.17) is 0 Å². The minimum atomic E-state index is -3.67. The third kappa shape index (κ3) is 6.17. The number of halogens is 1. The zero-order chi connectivity index (χ0) is 24.0. The van der Waals surface area contributed by atoms with Gasteiger partial charge in [-0.05, 0) is 56.4 Å². The standard InChI is InChI=1S/C24H30FN3O4S/c1-17-10-11-18(2)22(15-17)33(31,32)28-14-6-5-8-20(28)12-13-26-23(29)24(30)27-16-19-7-3-4-9-21(19)25/h3-4,7,9-11,15,20H,5-6,8,12-14,16H2,1-2H3,(H,26,29)(H,27,30)/t20-/m0/s1. The molecule has 1 aliphatic rings. The first-order valence-electron chi connectivity index (χ1n) is 11.1. The normalized spacial score (nSPS) is 16.9. The molecule has 0 spiro atoms. The summed E-state index contributed by atoms with van der Waals surface area (Å²) in [6.07, 6.45) is 2.78.